The molecule has 26 heavy (non-hydrogen) atoms. The van der Waals surface area contributed by atoms with Gasteiger partial charge in [0.25, 0.3) is 0 Å². The van der Waals surface area contributed by atoms with Crippen molar-refractivity contribution in [3.63, 3.8) is 0 Å². The minimum atomic E-state index is -0.828. The number of fused-ring (bicyclic) bond motifs is 2. The highest BCUT2D eigenvalue weighted by Crippen LogP contribution is 2.47. The molecule has 3 heterocycles. The van der Waals surface area contributed by atoms with Crippen LogP contribution in [0.5, 0.6) is 0 Å². The number of carbonyl (C=O) groups excluding carboxylic acids is 2. The molecule has 2 aliphatic heterocycles. The molecule has 1 atom stereocenters. The van der Waals surface area contributed by atoms with Gasteiger partial charge in [-0.15, -0.1) is 0 Å². The summed E-state index contributed by atoms with van der Waals surface area (Å²) in [5.74, 6) is 0.0701. The number of hydrogen-bond donors (Lipinski definition) is 2. The third-order valence-corrected chi connectivity index (χ3v) is 5.05. The van der Waals surface area contributed by atoms with Crippen molar-refractivity contribution in [3.05, 3.63) is 40.5 Å². The summed E-state index contributed by atoms with van der Waals surface area (Å²) in [6, 6.07) is 1.76. The van der Waals surface area contributed by atoms with Gasteiger partial charge in [0.15, 0.2) is 0 Å². The van der Waals surface area contributed by atoms with Crippen molar-refractivity contribution in [3.8, 4) is 0 Å². The summed E-state index contributed by atoms with van der Waals surface area (Å²) in [6.45, 7) is 5.78. The fourth-order valence-electron chi connectivity index (χ4n) is 3.66. The van der Waals surface area contributed by atoms with E-state index in [9.17, 15) is 9.59 Å². The molecule has 0 fully saturated rings. The zero-order chi connectivity index (χ0) is 18.7. The van der Waals surface area contributed by atoms with Gasteiger partial charge in [-0.25, -0.2) is 4.79 Å². The number of carbonyl (C=O) groups is 2. The van der Waals surface area contributed by atoms with Crippen LogP contribution in [0, 0.1) is 5.41 Å². The van der Waals surface area contributed by atoms with Crippen LogP contribution < -0.4 is 10.6 Å². The Morgan fingerprint density at radius 1 is 1.35 bits per heavy atom. The maximum atomic E-state index is 12.8. The van der Waals surface area contributed by atoms with E-state index in [0.29, 0.717) is 41.6 Å². The third kappa shape index (κ3) is 2.58. The maximum absolute atomic E-state index is 12.8. The first-order chi connectivity index (χ1) is 12.2. The van der Waals surface area contributed by atoms with Gasteiger partial charge in [0.05, 0.1) is 11.0 Å². The van der Waals surface area contributed by atoms with Crippen molar-refractivity contribution in [1.29, 1.82) is 0 Å². The molecule has 2 N–H and O–H groups in total. The van der Waals surface area contributed by atoms with Crippen molar-refractivity contribution in [2.45, 2.75) is 39.2 Å². The molecule has 1 amide bonds. The van der Waals surface area contributed by atoms with Gasteiger partial charge in [0.2, 0.25) is 5.91 Å². The summed E-state index contributed by atoms with van der Waals surface area (Å²) in [5, 5.41) is 6.27. The highest BCUT2D eigenvalue weighted by atomic mass is 35.5. The maximum Gasteiger partial charge on any atom is 0.340 e. The average molecular weight is 375 g/mol. The molecule has 0 saturated heterocycles. The molecule has 0 saturated carbocycles. The second-order valence-electron chi connectivity index (χ2n) is 7.76. The van der Waals surface area contributed by atoms with Gasteiger partial charge in [-0.1, -0.05) is 11.6 Å². The molecule has 0 unspecified atom stereocenters. The van der Waals surface area contributed by atoms with Crippen molar-refractivity contribution in [2.75, 3.05) is 6.67 Å². The number of halogens is 1. The van der Waals surface area contributed by atoms with E-state index in [-0.39, 0.29) is 5.91 Å². The summed E-state index contributed by atoms with van der Waals surface area (Å²) < 4.78 is 5.41. The largest absolute Gasteiger partial charge is 0.456 e. The van der Waals surface area contributed by atoms with Crippen LogP contribution in [0.4, 0.5) is 0 Å². The predicted molar refractivity (Wildman–Crippen MR) is 95.7 cm³/mol. The molecule has 0 radical (unpaired) electrons. The number of nitrogens with one attached hydrogen (secondary N) is 2. The lowest BCUT2D eigenvalue weighted by atomic mass is 9.78. The van der Waals surface area contributed by atoms with Gasteiger partial charge in [-0.05, 0) is 38.8 Å². The number of nitrogens with zero attached hydrogens (tertiary/aromatic N) is 2. The number of esters is 1. The Morgan fingerprint density at radius 2 is 2.12 bits per heavy atom. The predicted octanol–water partition coefficient (Wildman–Crippen LogP) is 1.66. The minimum Gasteiger partial charge on any atom is -0.456 e. The van der Waals surface area contributed by atoms with Crippen LogP contribution in [-0.4, -0.2) is 34.3 Å². The van der Waals surface area contributed by atoms with E-state index in [4.69, 9.17) is 16.3 Å². The Hall–Kier alpha value is -2.41. The smallest absolute Gasteiger partial charge is 0.340 e. The quantitative estimate of drug-likeness (QED) is 0.729. The average Bonchev–Trinajstić information content (AvgIpc) is 3.04. The number of pyridine rings is 1. The first-order valence-corrected chi connectivity index (χ1v) is 8.79. The number of amides is 1. The summed E-state index contributed by atoms with van der Waals surface area (Å²) in [7, 11) is 0. The van der Waals surface area contributed by atoms with E-state index in [2.05, 4.69) is 20.6 Å². The standard InChI is InChI=1S/C18H19ClN4O3/c1-17(2,3)26-15(24)10-4-9-5-18(6-11(9)20-7-10)12-13(19)21-8-22-14(12)23-16(18)25/h4,7,22H,5-6,8H2,1-3H3,(H,23,25)/t18-/m0/s1. The first kappa shape index (κ1) is 17.0. The molecule has 3 aliphatic rings. The third-order valence-electron chi connectivity index (χ3n) is 4.74. The van der Waals surface area contributed by atoms with Crippen molar-refractivity contribution in [1.82, 2.24) is 15.6 Å². The molecular formula is C18H19ClN4O3. The molecule has 1 aromatic heterocycles. The van der Waals surface area contributed by atoms with Gasteiger partial charge in [0, 0.05) is 23.9 Å². The van der Waals surface area contributed by atoms with E-state index in [1.807, 2.05) is 20.8 Å². The zero-order valence-electron chi connectivity index (χ0n) is 14.8. The van der Waals surface area contributed by atoms with Crippen molar-refractivity contribution in [2.24, 2.45) is 10.4 Å². The molecule has 1 aromatic rings. The molecular weight excluding hydrogens is 356 g/mol. The lowest BCUT2D eigenvalue weighted by molar-refractivity contribution is -0.126. The van der Waals surface area contributed by atoms with Gasteiger partial charge >= 0.3 is 5.97 Å². The number of aromatic nitrogens is 1. The van der Waals surface area contributed by atoms with Gasteiger partial charge in [-0.3, -0.25) is 14.8 Å². The lowest BCUT2D eigenvalue weighted by Crippen LogP contribution is -2.36. The van der Waals surface area contributed by atoms with Crippen molar-refractivity contribution >= 4 is 28.6 Å². The Kier molecular flexibility index (Phi) is 3.63. The molecule has 1 aliphatic carbocycles. The summed E-state index contributed by atoms with van der Waals surface area (Å²) in [6.07, 6.45) is 2.35. The van der Waals surface area contributed by atoms with Crippen LogP contribution in [0.3, 0.4) is 0 Å². The highest BCUT2D eigenvalue weighted by molar-refractivity contribution is 6.70. The summed E-state index contributed by atoms with van der Waals surface area (Å²) in [4.78, 5) is 33.7. The number of rotatable bonds is 1. The van der Waals surface area contributed by atoms with Crippen LogP contribution in [0.2, 0.25) is 0 Å². The van der Waals surface area contributed by atoms with Crippen LogP contribution >= 0.6 is 11.6 Å². The van der Waals surface area contributed by atoms with E-state index in [0.717, 1.165) is 11.3 Å². The second-order valence-corrected chi connectivity index (χ2v) is 8.11. The van der Waals surface area contributed by atoms with E-state index < -0.39 is 17.0 Å². The normalized spacial score (nSPS) is 24.0. The Labute approximate surface area is 155 Å². The van der Waals surface area contributed by atoms with E-state index in [1.54, 1.807) is 6.07 Å². The zero-order valence-corrected chi connectivity index (χ0v) is 15.5. The SMILES string of the molecule is CC(C)(C)OC(=O)c1cnc2c(c1)C[C@@]1(C2)C(=O)NC2=C1C(Cl)=NCN2. The van der Waals surface area contributed by atoms with Crippen LogP contribution in [0.25, 0.3) is 0 Å². The monoisotopic (exact) mass is 374 g/mol. The van der Waals surface area contributed by atoms with Gasteiger partial charge in [0.1, 0.15) is 23.3 Å². The molecule has 0 aromatic carbocycles. The van der Waals surface area contributed by atoms with Gasteiger partial charge < -0.3 is 15.4 Å². The van der Waals surface area contributed by atoms with Crippen LogP contribution in [-0.2, 0) is 22.4 Å². The molecule has 8 heteroatoms. The molecule has 0 bridgehead atoms. The first-order valence-electron chi connectivity index (χ1n) is 8.41. The lowest BCUT2D eigenvalue weighted by Gasteiger charge is -2.24. The van der Waals surface area contributed by atoms with Crippen molar-refractivity contribution < 1.29 is 14.3 Å². The molecule has 7 nitrogen and oxygen atoms in total. The van der Waals surface area contributed by atoms with Gasteiger partial charge in [-0.2, -0.15) is 0 Å². The molecule has 4 rings (SSSR count). The molecule has 1 spiro atoms. The van der Waals surface area contributed by atoms with Crippen LogP contribution in [0.1, 0.15) is 42.4 Å². The molecule has 136 valence electrons. The summed E-state index contributed by atoms with van der Waals surface area (Å²) >= 11 is 6.32. The fourth-order valence-corrected chi connectivity index (χ4v) is 3.99. The Balaban J connectivity index is 1.68. The number of aliphatic imine (C=N–C) groups is 1. The number of hydrogen-bond acceptors (Lipinski definition) is 6. The van der Waals surface area contributed by atoms with E-state index >= 15 is 0 Å². The van der Waals surface area contributed by atoms with E-state index in [1.165, 1.54) is 6.20 Å². The Bertz CT molecular complexity index is 900. The van der Waals surface area contributed by atoms with Crippen LogP contribution in [0.15, 0.2) is 28.6 Å². The summed E-state index contributed by atoms with van der Waals surface area (Å²) in [5.41, 5.74) is 1.30. The number of ether oxygens (including phenoxy) is 1. The minimum absolute atomic E-state index is 0.123. The topological polar surface area (TPSA) is 92.7 Å². The Morgan fingerprint density at radius 3 is 2.85 bits per heavy atom. The fraction of sp³-hybridized carbons (Fsp3) is 0.444. The highest BCUT2D eigenvalue weighted by Gasteiger charge is 2.54. The second kappa shape index (κ2) is 5.54.